The van der Waals surface area contributed by atoms with E-state index in [9.17, 15) is 10.0 Å². The second kappa shape index (κ2) is 7.84. The molecule has 0 amide bonds. The third-order valence-corrected chi connectivity index (χ3v) is 13.6. The van der Waals surface area contributed by atoms with Crippen LogP contribution in [0.3, 0.4) is 0 Å². The number of carbonyl (C=O) groups excluding carboxylic acids is 1. The van der Waals surface area contributed by atoms with Gasteiger partial charge in [-0.05, 0) is 117 Å². The van der Waals surface area contributed by atoms with E-state index < -0.39 is 0 Å². The molecular formula is C31H49NO3. The van der Waals surface area contributed by atoms with Gasteiger partial charge in [0, 0.05) is 5.41 Å². The van der Waals surface area contributed by atoms with Crippen LogP contribution >= 0.6 is 0 Å². The molecule has 5 rings (SSSR count). The third-order valence-electron chi connectivity index (χ3n) is 13.6. The summed E-state index contributed by atoms with van der Waals surface area (Å²) in [5, 5.41) is 13.5. The second-order valence-electron chi connectivity index (χ2n) is 14.6. The predicted octanol–water partition coefficient (Wildman–Crippen LogP) is 7.65. The number of oxime groups is 1. The average molecular weight is 484 g/mol. The fraction of sp³-hybridized carbons (Fsp3) is 0.871. The maximum Gasteiger partial charge on any atom is 0.312 e. The summed E-state index contributed by atoms with van der Waals surface area (Å²) >= 11 is 0. The largest absolute Gasteiger partial charge is 0.469 e. The molecule has 0 saturated heterocycles. The smallest absolute Gasteiger partial charge is 0.312 e. The molecule has 1 N–H and O–H groups in total. The molecule has 0 spiro atoms. The molecule has 5 saturated carbocycles. The topological polar surface area (TPSA) is 58.9 Å². The minimum absolute atomic E-state index is 0.0427. The normalized spacial score (nSPS) is 51.5. The number of hydrogen-bond acceptors (Lipinski definition) is 4. The maximum absolute atomic E-state index is 13.4. The molecule has 35 heavy (non-hydrogen) atoms. The number of methoxy groups -OCH3 is 1. The summed E-state index contributed by atoms with van der Waals surface area (Å²) < 4.78 is 5.50. The van der Waals surface area contributed by atoms with E-state index >= 15 is 0 Å². The number of allylic oxidation sites excluding steroid dienone is 1. The molecule has 4 nitrogen and oxygen atoms in total. The van der Waals surface area contributed by atoms with Gasteiger partial charge in [0.25, 0.3) is 0 Å². The Labute approximate surface area is 213 Å². The van der Waals surface area contributed by atoms with E-state index in [0.29, 0.717) is 29.6 Å². The Kier molecular flexibility index (Phi) is 5.67. The van der Waals surface area contributed by atoms with Gasteiger partial charge in [0.2, 0.25) is 0 Å². The van der Waals surface area contributed by atoms with Crippen molar-refractivity contribution in [3.05, 3.63) is 12.2 Å². The Morgan fingerprint density at radius 3 is 2.29 bits per heavy atom. The summed E-state index contributed by atoms with van der Waals surface area (Å²) in [6.07, 6.45) is 11.1. The van der Waals surface area contributed by atoms with Crippen LogP contribution in [-0.2, 0) is 9.53 Å². The van der Waals surface area contributed by atoms with E-state index in [1.54, 1.807) is 7.11 Å². The molecule has 9 atom stereocenters. The first kappa shape index (κ1) is 25.3. The molecule has 0 unspecified atom stereocenters. The molecule has 0 heterocycles. The first-order valence-corrected chi connectivity index (χ1v) is 14.3. The van der Waals surface area contributed by atoms with Crippen molar-refractivity contribution >= 4 is 11.7 Å². The van der Waals surface area contributed by atoms with Crippen molar-refractivity contribution in [2.75, 3.05) is 7.11 Å². The van der Waals surface area contributed by atoms with Crippen molar-refractivity contribution in [1.29, 1.82) is 0 Å². The zero-order valence-electron chi connectivity index (χ0n) is 23.4. The second-order valence-corrected chi connectivity index (χ2v) is 14.6. The Balaban J connectivity index is 1.56. The monoisotopic (exact) mass is 483 g/mol. The van der Waals surface area contributed by atoms with Crippen molar-refractivity contribution in [1.82, 2.24) is 0 Å². The summed E-state index contributed by atoms with van der Waals surface area (Å²) in [5.41, 5.74) is 2.64. The molecule has 0 aromatic heterocycles. The van der Waals surface area contributed by atoms with Crippen molar-refractivity contribution in [2.45, 2.75) is 106 Å². The van der Waals surface area contributed by atoms with Crippen LogP contribution in [0.4, 0.5) is 0 Å². The van der Waals surface area contributed by atoms with Gasteiger partial charge in [-0.15, -0.1) is 0 Å². The summed E-state index contributed by atoms with van der Waals surface area (Å²) in [5.74, 6) is 2.62. The lowest BCUT2D eigenvalue weighted by Gasteiger charge is -2.72. The summed E-state index contributed by atoms with van der Waals surface area (Å²) in [6, 6.07) is 0. The molecule has 0 bridgehead atoms. The molecule has 4 heteroatoms. The zero-order valence-corrected chi connectivity index (χ0v) is 23.4. The fourth-order valence-corrected chi connectivity index (χ4v) is 11.7. The Hall–Kier alpha value is -1.32. The number of carbonyl (C=O) groups is 1. The van der Waals surface area contributed by atoms with Gasteiger partial charge in [-0.1, -0.05) is 51.9 Å². The van der Waals surface area contributed by atoms with E-state index in [4.69, 9.17) is 4.74 Å². The minimum Gasteiger partial charge on any atom is -0.469 e. The van der Waals surface area contributed by atoms with Gasteiger partial charge in [-0.2, -0.15) is 0 Å². The summed E-state index contributed by atoms with van der Waals surface area (Å²) in [7, 11) is 1.59. The van der Waals surface area contributed by atoms with Gasteiger partial charge < -0.3 is 9.94 Å². The van der Waals surface area contributed by atoms with E-state index in [1.165, 1.54) is 31.3 Å². The van der Waals surface area contributed by atoms with Crippen LogP contribution in [0.1, 0.15) is 106 Å². The van der Waals surface area contributed by atoms with Crippen LogP contribution in [0.5, 0.6) is 0 Å². The summed E-state index contributed by atoms with van der Waals surface area (Å²) in [4.78, 5) is 13.4. The first-order valence-electron chi connectivity index (χ1n) is 14.3. The quantitative estimate of drug-likeness (QED) is 0.190. The maximum atomic E-state index is 13.4. The molecule has 5 aliphatic rings. The highest BCUT2D eigenvalue weighted by Gasteiger charge is 2.72. The van der Waals surface area contributed by atoms with Crippen molar-refractivity contribution in [3.8, 4) is 0 Å². The highest BCUT2D eigenvalue weighted by molar-refractivity contribution is 5.90. The van der Waals surface area contributed by atoms with E-state index in [0.717, 1.165) is 44.2 Å². The molecule has 196 valence electrons. The molecular weight excluding hydrogens is 434 g/mol. The van der Waals surface area contributed by atoms with Crippen molar-refractivity contribution < 1.29 is 14.7 Å². The van der Waals surface area contributed by atoms with Crippen LogP contribution in [-0.4, -0.2) is 24.0 Å². The van der Waals surface area contributed by atoms with Gasteiger partial charge >= 0.3 is 5.97 Å². The number of ether oxygens (including phenoxy) is 1. The standard InChI is InChI=1S/C31H49NO3/c1-19(2)20-11-16-31(26(33)35-8)18-17-29(6)21(25(20)31)9-10-23-28(5)14-13-24(32-34)27(3,4)22(28)12-15-30(23,29)7/h20-23,25,34H,1,9-18H2,2-8H3/b32-24-/t20-,21+,22-,23+,25-,28-,29+,30+,31-/m0/s1. The number of fused-ring (bicyclic) bond motifs is 7. The van der Waals surface area contributed by atoms with Crippen molar-refractivity contribution in [2.24, 2.45) is 61.8 Å². The lowest BCUT2D eigenvalue weighted by atomic mass is 9.32. The highest BCUT2D eigenvalue weighted by atomic mass is 16.5. The lowest BCUT2D eigenvalue weighted by molar-refractivity contribution is -0.230. The lowest BCUT2D eigenvalue weighted by Crippen LogP contribution is -2.66. The first-order chi connectivity index (χ1) is 16.3. The van der Waals surface area contributed by atoms with Gasteiger partial charge in [0.15, 0.2) is 0 Å². The van der Waals surface area contributed by atoms with Crippen LogP contribution in [0.25, 0.3) is 0 Å². The number of rotatable bonds is 2. The van der Waals surface area contributed by atoms with Crippen LogP contribution in [0.15, 0.2) is 17.3 Å². The molecule has 5 aliphatic carbocycles. The van der Waals surface area contributed by atoms with E-state index in [1.807, 2.05) is 0 Å². The Morgan fingerprint density at radius 2 is 1.66 bits per heavy atom. The van der Waals surface area contributed by atoms with Gasteiger partial charge in [0.1, 0.15) is 0 Å². The molecule has 0 aromatic rings. The minimum atomic E-state index is -0.313. The zero-order chi connectivity index (χ0) is 25.6. The Morgan fingerprint density at radius 1 is 0.943 bits per heavy atom. The molecule has 0 radical (unpaired) electrons. The fourth-order valence-electron chi connectivity index (χ4n) is 11.7. The molecule has 5 fully saturated rings. The van der Waals surface area contributed by atoms with Gasteiger partial charge in [-0.3, -0.25) is 4.79 Å². The van der Waals surface area contributed by atoms with Crippen LogP contribution < -0.4 is 0 Å². The highest BCUT2D eigenvalue weighted by Crippen LogP contribution is 2.77. The van der Waals surface area contributed by atoms with Gasteiger partial charge in [0.05, 0.1) is 18.2 Å². The SMILES string of the molecule is C=C(C)[C@@H]1CC[C@]2(C(=O)OC)CC[C@]3(C)[C@H](CC[C@@H]4[C@@]5(C)CC/C(=N/O)C(C)(C)[C@@H]5CC[C@]43C)[C@H]12. The number of nitrogens with zero attached hydrogens (tertiary/aromatic N) is 1. The van der Waals surface area contributed by atoms with E-state index in [-0.39, 0.29) is 33.0 Å². The van der Waals surface area contributed by atoms with Gasteiger partial charge in [-0.25, -0.2) is 0 Å². The number of hydrogen-bond donors (Lipinski definition) is 1. The third kappa shape index (κ3) is 2.98. The number of esters is 1. The van der Waals surface area contributed by atoms with E-state index in [2.05, 4.69) is 53.3 Å². The molecule has 0 aromatic carbocycles. The molecule has 0 aliphatic heterocycles. The average Bonchev–Trinajstić information content (AvgIpc) is 3.20. The summed E-state index contributed by atoms with van der Waals surface area (Å²) in [6.45, 7) is 19.1. The predicted molar refractivity (Wildman–Crippen MR) is 140 cm³/mol. The van der Waals surface area contributed by atoms with Crippen molar-refractivity contribution in [3.63, 3.8) is 0 Å². The van der Waals surface area contributed by atoms with Crippen LogP contribution in [0.2, 0.25) is 0 Å². The van der Waals surface area contributed by atoms with Crippen LogP contribution in [0, 0.1) is 56.7 Å². The Bertz CT molecular complexity index is 953.